The van der Waals surface area contributed by atoms with Gasteiger partial charge in [-0.25, -0.2) is 0 Å². The highest BCUT2D eigenvalue weighted by Gasteiger charge is 2.06. The van der Waals surface area contributed by atoms with E-state index in [0.717, 1.165) is 18.9 Å². The van der Waals surface area contributed by atoms with E-state index in [1.807, 2.05) is 18.2 Å². The standard InChI is InChI=1S/C10H11ClN2O/c11-8-3-1-2-4-9(8)14-7-10-12-5-6-13-10/h1-4H,5-7H2,(H,12,13). The summed E-state index contributed by atoms with van der Waals surface area (Å²) >= 11 is 5.92. The topological polar surface area (TPSA) is 33.6 Å². The average molecular weight is 211 g/mol. The summed E-state index contributed by atoms with van der Waals surface area (Å²) < 4.78 is 5.50. The highest BCUT2D eigenvalue weighted by molar-refractivity contribution is 6.32. The van der Waals surface area contributed by atoms with Gasteiger partial charge in [0.25, 0.3) is 0 Å². The molecule has 0 atom stereocenters. The zero-order valence-corrected chi connectivity index (χ0v) is 8.42. The fourth-order valence-electron chi connectivity index (χ4n) is 1.25. The van der Waals surface area contributed by atoms with Crippen molar-refractivity contribution in [1.82, 2.24) is 5.32 Å². The number of nitrogens with zero attached hydrogens (tertiary/aromatic N) is 1. The van der Waals surface area contributed by atoms with Crippen LogP contribution >= 0.6 is 11.6 Å². The van der Waals surface area contributed by atoms with Crippen LogP contribution in [0, 0.1) is 0 Å². The molecule has 1 aromatic rings. The van der Waals surface area contributed by atoms with Crippen molar-refractivity contribution in [3.05, 3.63) is 29.3 Å². The van der Waals surface area contributed by atoms with E-state index >= 15 is 0 Å². The maximum Gasteiger partial charge on any atom is 0.145 e. The quantitative estimate of drug-likeness (QED) is 0.824. The summed E-state index contributed by atoms with van der Waals surface area (Å²) in [5, 5.41) is 3.76. The Balaban J connectivity index is 1.94. The first-order valence-electron chi connectivity index (χ1n) is 4.51. The predicted octanol–water partition coefficient (Wildman–Crippen LogP) is 1.72. The molecule has 0 saturated heterocycles. The Kier molecular flexibility index (Phi) is 2.89. The molecule has 1 aromatic carbocycles. The van der Waals surface area contributed by atoms with Crippen LogP contribution in [0.5, 0.6) is 5.75 Å². The Morgan fingerprint density at radius 3 is 3.00 bits per heavy atom. The highest BCUT2D eigenvalue weighted by Crippen LogP contribution is 2.22. The van der Waals surface area contributed by atoms with Crippen LogP contribution in [-0.2, 0) is 0 Å². The zero-order chi connectivity index (χ0) is 9.80. The molecule has 0 spiro atoms. The molecule has 3 nitrogen and oxygen atoms in total. The van der Waals surface area contributed by atoms with Gasteiger partial charge in [-0.05, 0) is 12.1 Å². The van der Waals surface area contributed by atoms with Crippen LogP contribution in [0.15, 0.2) is 29.3 Å². The number of ether oxygens (including phenoxy) is 1. The summed E-state index contributed by atoms with van der Waals surface area (Å²) in [4.78, 5) is 4.22. The van der Waals surface area contributed by atoms with Gasteiger partial charge in [0.05, 0.1) is 11.6 Å². The van der Waals surface area contributed by atoms with E-state index < -0.39 is 0 Å². The minimum absolute atomic E-state index is 0.462. The summed E-state index contributed by atoms with van der Waals surface area (Å²) in [5.74, 6) is 1.59. The van der Waals surface area contributed by atoms with Crippen LogP contribution in [0.2, 0.25) is 5.02 Å². The Labute approximate surface area is 87.7 Å². The minimum Gasteiger partial charge on any atom is -0.484 e. The van der Waals surface area contributed by atoms with Gasteiger partial charge in [0.2, 0.25) is 0 Å². The van der Waals surface area contributed by atoms with Gasteiger partial charge in [-0.15, -0.1) is 0 Å². The van der Waals surface area contributed by atoms with Crippen LogP contribution in [0.25, 0.3) is 0 Å². The first kappa shape index (κ1) is 9.34. The summed E-state index contributed by atoms with van der Waals surface area (Å²) in [6, 6.07) is 7.42. The normalized spacial score (nSPS) is 14.8. The number of aliphatic imine (C=N–C) groups is 1. The number of rotatable bonds is 3. The van der Waals surface area contributed by atoms with E-state index in [4.69, 9.17) is 16.3 Å². The largest absolute Gasteiger partial charge is 0.484 e. The molecule has 14 heavy (non-hydrogen) atoms. The molecule has 0 saturated carbocycles. The monoisotopic (exact) mass is 210 g/mol. The molecule has 1 heterocycles. The molecule has 1 aliphatic rings. The Morgan fingerprint density at radius 1 is 1.43 bits per heavy atom. The first-order valence-corrected chi connectivity index (χ1v) is 4.88. The lowest BCUT2D eigenvalue weighted by atomic mass is 10.3. The maximum atomic E-state index is 5.92. The van der Waals surface area contributed by atoms with Crippen molar-refractivity contribution in [1.29, 1.82) is 0 Å². The molecular weight excluding hydrogens is 200 g/mol. The minimum atomic E-state index is 0.462. The van der Waals surface area contributed by atoms with Gasteiger partial charge in [0.1, 0.15) is 18.2 Å². The van der Waals surface area contributed by atoms with E-state index in [0.29, 0.717) is 17.4 Å². The summed E-state index contributed by atoms with van der Waals surface area (Å²) in [7, 11) is 0. The van der Waals surface area contributed by atoms with Crippen LogP contribution < -0.4 is 10.1 Å². The van der Waals surface area contributed by atoms with Crippen molar-refractivity contribution >= 4 is 17.4 Å². The third-order valence-corrected chi connectivity index (χ3v) is 2.26. The molecule has 0 amide bonds. The van der Waals surface area contributed by atoms with Crippen LogP contribution in [0.3, 0.4) is 0 Å². The van der Waals surface area contributed by atoms with Crippen molar-refractivity contribution in [2.75, 3.05) is 19.7 Å². The molecule has 0 aliphatic carbocycles. The van der Waals surface area contributed by atoms with Crippen molar-refractivity contribution in [3.8, 4) is 5.75 Å². The van der Waals surface area contributed by atoms with Gasteiger partial charge in [0.15, 0.2) is 0 Å². The summed E-state index contributed by atoms with van der Waals surface area (Å²) in [6.07, 6.45) is 0. The van der Waals surface area contributed by atoms with E-state index in [-0.39, 0.29) is 0 Å². The van der Waals surface area contributed by atoms with Crippen molar-refractivity contribution in [2.24, 2.45) is 4.99 Å². The van der Waals surface area contributed by atoms with Gasteiger partial charge < -0.3 is 10.1 Å². The number of benzene rings is 1. The lowest BCUT2D eigenvalue weighted by Gasteiger charge is -2.07. The third-order valence-electron chi connectivity index (χ3n) is 1.94. The molecule has 4 heteroatoms. The second kappa shape index (κ2) is 4.33. The van der Waals surface area contributed by atoms with E-state index in [2.05, 4.69) is 10.3 Å². The van der Waals surface area contributed by atoms with Gasteiger partial charge >= 0.3 is 0 Å². The molecule has 0 aromatic heterocycles. The van der Waals surface area contributed by atoms with E-state index in [1.54, 1.807) is 6.07 Å². The number of amidine groups is 1. The molecule has 2 rings (SSSR count). The Bertz CT molecular complexity index is 352. The van der Waals surface area contributed by atoms with Crippen LogP contribution in [0.4, 0.5) is 0 Å². The van der Waals surface area contributed by atoms with E-state index in [1.165, 1.54) is 0 Å². The van der Waals surface area contributed by atoms with Gasteiger partial charge in [-0.2, -0.15) is 0 Å². The first-order chi connectivity index (χ1) is 6.86. The Hall–Kier alpha value is -1.22. The van der Waals surface area contributed by atoms with Crippen LogP contribution in [0.1, 0.15) is 0 Å². The number of hydrogen-bond acceptors (Lipinski definition) is 3. The lowest BCUT2D eigenvalue weighted by molar-refractivity contribution is 0.374. The van der Waals surface area contributed by atoms with E-state index in [9.17, 15) is 0 Å². The number of para-hydroxylation sites is 1. The second-order valence-electron chi connectivity index (χ2n) is 2.97. The SMILES string of the molecule is Clc1ccccc1OCC1=NCCN1. The second-order valence-corrected chi connectivity index (χ2v) is 3.38. The van der Waals surface area contributed by atoms with Crippen molar-refractivity contribution in [2.45, 2.75) is 0 Å². The molecular formula is C10H11ClN2O. The van der Waals surface area contributed by atoms with Crippen LogP contribution in [-0.4, -0.2) is 25.5 Å². The summed E-state index contributed by atoms with van der Waals surface area (Å²) in [6.45, 7) is 2.20. The predicted molar refractivity (Wildman–Crippen MR) is 57.3 cm³/mol. The molecule has 0 radical (unpaired) electrons. The Morgan fingerprint density at radius 2 is 2.29 bits per heavy atom. The number of hydrogen-bond donors (Lipinski definition) is 1. The fraction of sp³-hybridized carbons (Fsp3) is 0.300. The highest BCUT2D eigenvalue weighted by atomic mass is 35.5. The maximum absolute atomic E-state index is 5.92. The number of halogens is 1. The molecule has 0 bridgehead atoms. The van der Waals surface area contributed by atoms with Crippen molar-refractivity contribution < 1.29 is 4.74 Å². The molecule has 1 N–H and O–H groups in total. The van der Waals surface area contributed by atoms with Gasteiger partial charge in [-0.3, -0.25) is 4.99 Å². The molecule has 1 aliphatic heterocycles. The molecule has 74 valence electrons. The smallest absolute Gasteiger partial charge is 0.145 e. The summed E-state index contributed by atoms with van der Waals surface area (Å²) in [5.41, 5.74) is 0. The molecule has 0 fully saturated rings. The number of nitrogens with one attached hydrogen (secondary N) is 1. The lowest BCUT2D eigenvalue weighted by Crippen LogP contribution is -2.24. The third kappa shape index (κ3) is 2.17. The average Bonchev–Trinajstić information content (AvgIpc) is 2.69. The molecule has 0 unspecified atom stereocenters. The van der Waals surface area contributed by atoms with Gasteiger partial charge in [-0.1, -0.05) is 23.7 Å². The zero-order valence-electron chi connectivity index (χ0n) is 7.66. The fourth-order valence-corrected chi connectivity index (χ4v) is 1.44. The van der Waals surface area contributed by atoms with Crippen molar-refractivity contribution in [3.63, 3.8) is 0 Å². The van der Waals surface area contributed by atoms with Gasteiger partial charge in [0, 0.05) is 6.54 Å².